The number of rotatable bonds is 6. The quantitative estimate of drug-likeness (QED) is 0.351. The first-order chi connectivity index (χ1) is 15.4. The Kier molecular flexibility index (Phi) is 6.62. The number of thioether (sulfide) groups is 1. The zero-order valence-corrected chi connectivity index (χ0v) is 19.5. The lowest BCUT2D eigenvalue weighted by Crippen LogP contribution is -2.15. The highest BCUT2D eigenvalue weighted by Crippen LogP contribution is 2.34. The Bertz CT molecular complexity index is 1250. The number of carbonyl (C=O) groups excluding carboxylic acids is 1. The SMILES string of the molecule is Cc1ccc(C)c(NC(=O)CSc2ccc(-c3sc(-c4ccc(F)cc4)nc3C)nn2)c1. The summed E-state index contributed by atoms with van der Waals surface area (Å²) in [5, 5.41) is 13.0. The van der Waals surface area contributed by atoms with Gasteiger partial charge in [-0.25, -0.2) is 9.37 Å². The molecule has 4 aromatic rings. The number of amides is 1. The van der Waals surface area contributed by atoms with Crippen LogP contribution in [0.1, 0.15) is 16.8 Å². The van der Waals surface area contributed by atoms with Crippen LogP contribution >= 0.6 is 23.1 Å². The van der Waals surface area contributed by atoms with Gasteiger partial charge in [0, 0.05) is 11.3 Å². The van der Waals surface area contributed by atoms with Crippen LogP contribution in [0.15, 0.2) is 59.6 Å². The molecule has 32 heavy (non-hydrogen) atoms. The molecule has 0 unspecified atom stereocenters. The second-order valence-electron chi connectivity index (χ2n) is 7.35. The van der Waals surface area contributed by atoms with Gasteiger partial charge in [-0.05, 0) is 74.4 Å². The third-order valence-corrected chi connectivity index (χ3v) is 6.93. The molecular weight excluding hydrogens is 443 g/mol. The number of carbonyl (C=O) groups is 1. The highest BCUT2D eigenvalue weighted by atomic mass is 32.2. The molecule has 1 amide bonds. The Morgan fingerprint density at radius 3 is 2.53 bits per heavy atom. The number of nitrogens with one attached hydrogen (secondary N) is 1. The first-order valence-electron chi connectivity index (χ1n) is 9.96. The van der Waals surface area contributed by atoms with E-state index in [-0.39, 0.29) is 17.5 Å². The molecule has 5 nitrogen and oxygen atoms in total. The van der Waals surface area contributed by atoms with Crippen LogP contribution in [0.5, 0.6) is 0 Å². The maximum absolute atomic E-state index is 13.2. The van der Waals surface area contributed by atoms with E-state index in [1.807, 2.05) is 51.1 Å². The molecule has 0 aliphatic rings. The summed E-state index contributed by atoms with van der Waals surface area (Å²) in [5.41, 5.74) is 5.38. The Balaban J connectivity index is 1.40. The lowest BCUT2D eigenvalue weighted by molar-refractivity contribution is -0.113. The van der Waals surface area contributed by atoms with Gasteiger partial charge in [-0.2, -0.15) is 0 Å². The summed E-state index contributed by atoms with van der Waals surface area (Å²) in [7, 11) is 0. The molecule has 0 aliphatic carbocycles. The second-order valence-corrected chi connectivity index (χ2v) is 9.35. The maximum Gasteiger partial charge on any atom is 0.234 e. The van der Waals surface area contributed by atoms with Crippen molar-refractivity contribution in [2.24, 2.45) is 0 Å². The van der Waals surface area contributed by atoms with Crippen molar-refractivity contribution in [2.45, 2.75) is 25.8 Å². The average molecular weight is 465 g/mol. The topological polar surface area (TPSA) is 67.8 Å². The summed E-state index contributed by atoms with van der Waals surface area (Å²) in [6, 6.07) is 16.0. The minimum atomic E-state index is -0.274. The zero-order valence-electron chi connectivity index (χ0n) is 17.8. The van der Waals surface area contributed by atoms with Crippen molar-refractivity contribution >= 4 is 34.7 Å². The van der Waals surface area contributed by atoms with Gasteiger partial charge in [-0.15, -0.1) is 21.5 Å². The number of hydrogen-bond donors (Lipinski definition) is 1. The maximum atomic E-state index is 13.2. The summed E-state index contributed by atoms with van der Waals surface area (Å²) in [6.45, 7) is 5.88. The molecule has 2 heterocycles. The fourth-order valence-corrected chi connectivity index (χ4v) is 4.72. The fraction of sp³-hybridized carbons (Fsp3) is 0.167. The number of hydrogen-bond acceptors (Lipinski definition) is 6. The molecule has 0 aliphatic heterocycles. The number of thiazole rings is 1. The molecule has 0 saturated carbocycles. The van der Waals surface area contributed by atoms with Crippen LogP contribution < -0.4 is 5.32 Å². The molecular formula is C24H21FN4OS2. The lowest BCUT2D eigenvalue weighted by atomic mass is 10.1. The van der Waals surface area contributed by atoms with Crippen molar-refractivity contribution in [2.75, 3.05) is 11.1 Å². The molecule has 8 heteroatoms. The smallest absolute Gasteiger partial charge is 0.234 e. The van der Waals surface area contributed by atoms with E-state index < -0.39 is 0 Å². The van der Waals surface area contributed by atoms with E-state index in [1.54, 1.807) is 12.1 Å². The highest BCUT2D eigenvalue weighted by molar-refractivity contribution is 7.99. The van der Waals surface area contributed by atoms with Crippen LogP contribution in [0.2, 0.25) is 0 Å². The van der Waals surface area contributed by atoms with Gasteiger partial charge >= 0.3 is 0 Å². The Morgan fingerprint density at radius 1 is 1.03 bits per heavy atom. The van der Waals surface area contributed by atoms with Gasteiger partial charge in [0.2, 0.25) is 5.91 Å². The molecule has 1 N–H and O–H groups in total. The zero-order chi connectivity index (χ0) is 22.7. The van der Waals surface area contributed by atoms with Crippen LogP contribution in [0.3, 0.4) is 0 Å². The van der Waals surface area contributed by atoms with Gasteiger partial charge < -0.3 is 5.32 Å². The van der Waals surface area contributed by atoms with Gasteiger partial charge in [-0.1, -0.05) is 23.9 Å². The van der Waals surface area contributed by atoms with Gasteiger partial charge in [0.15, 0.2) is 0 Å². The molecule has 0 bridgehead atoms. The summed E-state index contributed by atoms with van der Waals surface area (Å²) < 4.78 is 13.2. The lowest BCUT2D eigenvalue weighted by Gasteiger charge is -2.09. The predicted octanol–water partition coefficient (Wildman–Crippen LogP) is 6.06. The third-order valence-electron chi connectivity index (χ3n) is 4.78. The predicted molar refractivity (Wildman–Crippen MR) is 129 cm³/mol. The monoisotopic (exact) mass is 464 g/mol. The van der Waals surface area contributed by atoms with Crippen LogP contribution in [-0.2, 0) is 4.79 Å². The van der Waals surface area contributed by atoms with Crippen molar-refractivity contribution in [1.82, 2.24) is 15.2 Å². The first-order valence-corrected chi connectivity index (χ1v) is 11.8. The number of benzene rings is 2. The van der Waals surface area contributed by atoms with E-state index in [4.69, 9.17) is 0 Å². The van der Waals surface area contributed by atoms with Crippen LogP contribution in [0, 0.1) is 26.6 Å². The van der Waals surface area contributed by atoms with Crippen molar-refractivity contribution in [3.8, 4) is 21.1 Å². The Labute approximate surface area is 194 Å². The minimum absolute atomic E-state index is 0.0863. The second kappa shape index (κ2) is 9.58. The molecule has 2 aromatic carbocycles. The largest absolute Gasteiger partial charge is 0.325 e. The van der Waals surface area contributed by atoms with Gasteiger partial charge in [-0.3, -0.25) is 4.79 Å². The molecule has 162 valence electrons. The molecule has 0 radical (unpaired) electrons. The summed E-state index contributed by atoms with van der Waals surface area (Å²) in [5.74, 6) is -0.115. The van der Waals surface area contributed by atoms with Crippen molar-refractivity contribution in [3.05, 3.63) is 77.2 Å². The van der Waals surface area contributed by atoms with Crippen molar-refractivity contribution < 1.29 is 9.18 Å². The van der Waals surface area contributed by atoms with E-state index in [1.165, 1.54) is 35.2 Å². The Morgan fingerprint density at radius 2 is 1.81 bits per heavy atom. The highest BCUT2D eigenvalue weighted by Gasteiger charge is 2.14. The van der Waals surface area contributed by atoms with E-state index >= 15 is 0 Å². The number of nitrogens with zero attached hydrogens (tertiary/aromatic N) is 3. The van der Waals surface area contributed by atoms with Crippen LogP contribution in [0.4, 0.5) is 10.1 Å². The normalized spacial score (nSPS) is 10.9. The number of halogens is 1. The molecule has 0 saturated heterocycles. The van der Waals surface area contributed by atoms with Crippen LogP contribution in [0.25, 0.3) is 21.1 Å². The van der Waals surface area contributed by atoms with Crippen molar-refractivity contribution in [1.29, 1.82) is 0 Å². The van der Waals surface area contributed by atoms with E-state index in [0.29, 0.717) is 5.03 Å². The van der Waals surface area contributed by atoms with Gasteiger partial charge in [0.25, 0.3) is 0 Å². The number of aromatic nitrogens is 3. The number of anilines is 1. The first kappa shape index (κ1) is 22.1. The third kappa shape index (κ3) is 5.20. The summed E-state index contributed by atoms with van der Waals surface area (Å²) in [4.78, 5) is 17.8. The van der Waals surface area contributed by atoms with E-state index in [2.05, 4.69) is 20.5 Å². The minimum Gasteiger partial charge on any atom is -0.325 e. The molecule has 2 aromatic heterocycles. The molecule has 0 spiro atoms. The summed E-state index contributed by atoms with van der Waals surface area (Å²) in [6.07, 6.45) is 0. The fourth-order valence-electron chi connectivity index (χ4n) is 3.06. The number of aryl methyl sites for hydroxylation is 3. The van der Waals surface area contributed by atoms with Gasteiger partial charge in [0.1, 0.15) is 21.5 Å². The molecule has 0 fully saturated rings. The molecule has 0 atom stereocenters. The summed E-state index contributed by atoms with van der Waals surface area (Å²) >= 11 is 2.83. The Hall–Kier alpha value is -3.10. The van der Waals surface area contributed by atoms with E-state index in [0.717, 1.165) is 43.7 Å². The van der Waals surface area contributed by atoms with Gasteiger partial charge in [0.05, 0.1) is 16.3 Å². The average Bonchev–Trinajstić information content (AvgIpc) is 3.17. The van der Waals surface area contributed by atoms with Crippen molar-refractivity contribution in [3.63, 3.8) is 0 Å². The molecule has 4 rings (SSSR count). The van der Waals surface area contributed by atoms with Crippen LogP contribution in [-0.4, -0.2) is 26.8 Å². The standard InChI is InChI=1S/C24H21FN4OS2/c1-14-4-5-15(2)20(12-14)27-21(30)13-31-22-11-10-19(28-29-22)23-16(3)26-24(32-23)17-6-8-18(25)9-7-17/h4-12H,13H2,1-3H3,(H,27,30). The van der Waals surface area contributed by atoms with E-state index in [9.17, 15) is 9.18 Å².